The Morgan fingerprint density at radius 3 is 1.41 bits per heavy atom. The summed E-state index contributed by atoms with van der Waals surface area (Å²) in [5, 5.41) is 24.9. The summed E-state index contributed by atoms with van der Waals surface area (Å²) in [5.74, 6) is -1.75. The number of amides is 3. The lowest BCUT2D eigenvalue weighted by Gasteiger charge is -2.12. The lowest BCUT2D eigenvalue weighted by Crippen LogP contribution is -2.12. The smallest absolute Gasteiger partial charge is 0.416 e. The summed E-state index contributed by atoms with van der Waals surface area (Å²) in [7, 11) is 1.39. The van der Waals surface area contributed by atoms with E-state index in [1.54, 1.807) is 6.92 Å². The number of anilines is 3. The number of carbonyl (C=O) groups is 4. The second kappa shape index (κ2) is 27.1. The molecule has 0 saturated carbocycles. The Balaban J connectivity index is 0.782. The van der Waals surface area contributed by atoms with Crippen LogP contribution in [-0.4, -0.2) is 75.3 Å². The van der Waals surface area contributed by atoms with Gasteiger partial charge in [0.05, 0.1) is 64.1 Å². The van der Waals surface area contributed by atoms with Crippen LogP contribution >= 0.6 is 34.6 Å². The van der Waals surface area contributed by atoms with Gasteiger partial charge in [-0.05, 0) is 131 Å². The van der Waals surface area contributed by atoms with Gasteiger partial charge in [0.1, 0.15) is 59.1 Å². The summed E-state index contributed by atoms with van der Waals surface area (Å²) in [6.45, 7) is 6.06. The number of benzene rings is 3. The minimum absolute atomic E-state index is 0.0105. The van der Waals surface area contributed by atoms with E-state index in [1.807, 2.05) is 0 Å². The van der Waals surface area contributed by atoms with Gasteiger partial charge < -0.3 is 23.3 Å². The first kappa shape index (κ1) is 65.0. The molecular weight excluding hydrogens is 1260 g/mol. The number of rotatable bonds is 23. The maximum absolute atomic E-state index is 14.3. The van der Waals surface area contributed by atoms with E-state index in [4.69, 9.17) is 18.1 Å². The van der Waals surface area contributed by atoms with Crippen LogP contribution < -0.4 is 16.0 Å². The molecule has 32 heteroatoms. The van der Waals surface area contributed by atoms with Gasteiger partial charge >= 0.3 is 18.5 Å². The Bertz CT molecular complexity index is 4210. The van der Waals surface area contributed by atoms with Crippen LogP contribution in [0.1, 0.15) is 120 Å². The van der Waals surface area contributed by atoms with Crippen molar-refractivity contribution >= 4 is 84.9 Å². The first-order valence-corrected chi connectivity index (χ1v) is 29.0. The van der Waals surface area contributed by atoms with E-state index in [0.717, 1.165) is 71.0 Å². The first-order chi connectivity index (χ1) is 42.6. The van der Waals surface area contributed by atoms with Crippen molar-refractivity contribution in [2.24, 2.45) is 10.3 Å². The molecule has 0 fully saturated rings. The topological polar surface area (TPSA) is 275 Å². The molecule has 0 bridgehead atoms. The van der Waals surface area contributed by atoms with E-state index in [1.165, 1.54) is 70.3 Å². The van der Waals surface area contributed by atoms with Crippen molar-refractivity contribution in [2.45, 2.75) is 97.6 Å². The molecule has 0 atom stereocenters. The number of nitrogens with zero attached hydrogens (tertiary/aromatic N) is 8. The molecule has 0 aliphatic heterocycles. The molecule has 6 heterocycles. The molecule has 20 nitrogen and oxygen atoms in total. The molecule has 3 aromatic carbocycles. The lowest BCUT2D eigenvalue weighted by atomic mass is 9.98. The predicted octanol–water partition coefficient (Wildman–Crippen LogP) is 14.5. The van der Waals surface area contributed by atoms with E-state index in [2.05, 4.69) is 54.3 Å². The maximum atomic E-state index is 14.3. The van der Waals surface area contributed by atoms with Gasteiger partial charge in [0.25, 0.3) is 17.7 Å². The number of alkyl halides is 9. The normalized spacial score (nSPS) is 12.4. The van der Waals surface area contributed by atoms with Crippen LogP contribution in [0.4, 0.5) is 54.9 Å². The summed E-state index contributed by atoms with van der Waals surface area (Å²) in [4.78, 5) is 70.4. The van der Waals surface area contributed by atoms with Gasteiger partial charge in [-0.25, -0.2) is 15.0 Å². The second-order valence-corrected chi connectivity index (χ2v) is 22.4. The molecule has 9 aromatic rings. The van der Waals surface area contributed by atoms with E-state index < -0.39 is 52.9 Å². The maximum Gasteiger partial charge on any atom is 0.416 e. The molecule has 470 valence electrons. The van der Waals surface area contributed by atoms with Crippen LogP contribution in [0.5, 0.6) is 0 Å². The van der Waals surface area contributed by atoms with Crippen molar-refractivity contribution in [1.82, 2.24) is 28.1 Å². The summed E-state index contributed by atoms with van der Waals surface area (Å²) in [6.07, 6.45) is -14.5. The van der Waals surface area contributed by atoms with Crippen molar-refractivity contribution < 1.29 is 82.0 Å². The number of hydrogen-bond donors (Lipinski definition) is 4. The highest BCUT2D eigenvalue weighted by Gasteiger charge is 2.34. The zero-order valence-electron chi connectivity index (χ0n) is 47.6. The van der Waals surface area contributed by atoms with E-state index in [9.17, 15) is 63.9 Å². The van der Waals surface area contributed by atoms with Gasteiger partial charge in [0, 0.05) is 57.7 Å². The van der Waals surface area contributed by atoms with Crippen molar-refractivity contribution in [3.05, 3.63) is 158 Å². The Kier molecular flexibility index (Phi) is 19.6. The van der Waals surface area contributed by atoms with Crippen LogP contribution in [0.25, 0.3) is 34.0 Å². The van der Waals surface area contributed by atoms with Crippen LogP contribution in [-0.2, 0) is 60.3 Å². The van der Waals surface area contributed by atoms with Crippen LogP contribution in [0, 0.1) is 20.8 Å². The molecule has 0 aliphatic carbocycles. The Labute approximate surface area is 515 Å². The molecule has 0 radical (unpaired) electrons. The number of halogens is 9. The van der Waals surface area contributed by atoms with E-state index in [0.29, 0.717) is 11.5 Å². The number of carbonyl (C=O) groups excluding carboxylic acids is 4. The van der Waals surface area contributed by atoms with Gasteiger partial charge in [-0.15, -0.1) is 0 Å². The summed E-state index contributed by atoms with van der Waals surface area (Å²) in [6, 6.07) is 14.7. The summed E-state index contributed by atoms with van der Waals surface area (Å²) in [5.41, 5.74) is -1.81. The van der Waals surface area contributed by atoms with Crippen molar-refractivity contribution in [2.75, 3.05) is 23.1 Å². The standard InChI is InChI=1S/C58H48F9N11O9S3/c1-27(75-84-5)14-47-68-53(88-76-47)71-51(81)43-26-46(87-30(43)4)35-16-32(18-38(21-35)58(65,66)67)12-13-39(74-83)22-48-69-54(89-77-48)72-52(82)42-25-45(86-29(42)3)34-15-31(17-37(20-34)57(62,63)64)8-6-11-40(79)23-49-70-55(90-78-49)73-50(80)41-24-44(85-28(41)2)33-9-7-10-36(19-33)56(59,60)61/h7,9-10,15-21,24-26,83H,6,8,11-14,22-23H2,1-5H3,(H,68,71,76,81)(H,69,72,77,82)(H,70,73,78,80)/b74-39+,75-27+. The van der Waals surface area contributed by atoms with Gasteiger partial charge in [-0.1, -0.05) is 22.4 Å². The minimum atomic E-state index is -4.80. The SMILES string of the molecule is CO/N=C(\C)Cc1nsc(NC(=O)c2cc(-c3cc(CC/C(Cc4nsc(NC(=O)c5cc(-c6cc(CCCC(=O)Cc7nsc(NC(=O)c8cc(-c9cccc(C(F)(F)F)c9)oc8C)n7)cc(C(F)(F)F)c6)oc5C)n4)=N\O)cc(C(F)(F)F)c3)oc2C)n1. The molecule has 0 aliphatic rings. The fourth-order valence-electron chi connectivity index (χ4n) is 9.12. The van der Waals surface area contributed by atoms with Crippen molar-refractivity contribution in [3.8, 4) is 34.0 Å². The zero-order chi connectivity index (χ0) is 64.8. The van der Waals surface area contributed by atoms with Crippen molar-refractivity contribution in [1.29, 1.82) is 0 Å². The largest absolute Gasteiger partial charge is 0.461 e. The third-order valence-corrected chi connectivity index (χ3v) is 15.4. The fraction of sp³-hybridized carbons (Fsp3) is 0.276. The quantitative estimate of drug-likeness (QED) is 0.0201. The van der Waals surface area contributed by atoms with Crippen LogP contribution in [0.15, 0.2) is 102 Å². The Hall–Kier alpha value is -9.43. The number of ketones is 1. The number of Topliss-reactive ketones (excluding diaryl/α,β-unsaturated/α-hetero) is 1. The average molecular weight is 1310 g/mol. The second-order valence-electron chi connectivity index (χ2n) is 20.2. The van der Waals surface area contributed by atoms with Gasteiger partial charge in [-0.3, -0.25) is 35.1 Å². The molecular formula is C58H48F9N11O9S3. The molecule has 4 N–H and O–H groups in total. The first-order valence-electron chi connectivity index (χ1n) is 26.7. The van der Waals surface area contributed by atoms with Gasteiger partial charge in [-0.2, -0.15) is 52.6 Å². The number of hydrogen-bond acceptors (Lipinski definition) is 20. The number of oxime groups is 2. The molecule has 0 spiro atoms. The number of nitrogens with one attached hydrogen (secondary N) is 3. The zero-order valence-corrected chi connectivity index (χ0v) is 50.0. The number of aryl methyl sites for hydroxylation is 5. The Morgan fingerprint density at radius 1 is 0.544 bits per heavy atom. The van der Waals surface area contributed by atoms with Gasteiger partial charge in [0.2, 0.25) is 15.4 Å². The Morgan fingerprint density at radius 2 is 0.967 bits per heavy atom. The highest BCUT2D eigenvalue weighted by Crippen LogP contribution is 2.39. The number of aromatic nitrogens is 6. The summed E-state index contributed by atoms with van der Waals surface area (Å²) >= 11 is 2.43. The molecule has 90 heavy (non-hydrogen) atoms. The summed E-state index contributed by atoms with van der Waals surface area (Å²) < 4.78 is 155. The van der Waals surface area contributed by atoms with Crippen LogP contribution in [0.2, 0.25) is 0 Å². The van der Waals surface area contributed by atoms with E-state index >= 15 is 0 Å². The third kappa shape index (κ3) is 16.4. The number of furan rings is 3. The van der Waals surface area contributed by atoms with Gasteiger partial charge in [0.15, 0.2) is 5.82 Å². The highest BCUT2D eigenvalue weighted by atomic mass is 32.1. The predicted molar refractivity (Wildman–Crippen MR) is 312 cm³/mol. The lowest BCUT2D eigenvalue weighted by molar-refractivity contribution is -0.138. The molecule has 0 saturated heterocycles. The third-order valence-electron chi connectivity index (χ3n) is 13.4. The fourth-order valence-corrected chi connectivity index (χ4v) is 10.9. The molecule has 0 unspecified atom stereocenters. The van der Waals surface area contributed by atoms with Crippen molar-refractivity contribution in [3.63, 3.8) is 0 Å². The monoisotopic (exact) mass is 1310 g/mol. The minimum Gasteiger partial charge on any atom is -0.461 e. The molecule has 3 amide bonds. The highest BCUT2D eigenvalue weighted by molar-refractivity contribution is 7.10. The average Bonchev–Trinajstić information content (AvgIpc) is 1.71. The molecule has 9 rings (SSSR count). The van der Waals surface area contributed by atoms with E-state index in [-0.39, 0.29) is 169 Å². The molecule has 6 aromatic heterocycles. The van der Waals surface area contributed by atoms with Crippen LogP contribution in [0.3, 0.4) is 0 Å².